The Morgan fingerprint density at radius 2 is 2.11 bits per heavy atom. The summed E-state index contributed by atoms with van der Waals surface area (Å²) in [4.78, 5) is 12.0. The summed E-state index contributed by atoms with van der Waals surface area (Å²) in [6.45, 7) is 0.776. The summed E-state index contributed by atoms with van der Waals surface area (Å²) < 4.78 is 38.0. The Labute approximate surface area is 115 Å². The lowest BCUT2D eigenvalue weighted by Crippen LogP contribution is -2.52. The van der Waals surface area contributed by atoms with E-state index in [1.165, 1.54) is 0 Å². The fourth-order valence-corrected chi connectivity index (χ4v) is 3.59. The van der Waals surface area contributed by atoms with Crippen molar-refractivity contribution in [3.8, 4) is 0 Å². The molecule has 1 heterocycles. The largest absolute Gasteiger partial charge is 0.391 e. The van der Waals surface area contributed by atoms with Crippen molar-refractivity contribution in [2.24, 2.45) is 5.92 Å². The monoisotopic (exact) mass is 296 g/mol. The molecule has 1 saturated carbocycles. The first-order valence-corrected chi connectivity index (χ1v) is 7.80. The molecule has 0 aromatic rings. The number of hydrogen-bond donors (Lipinski definition) is 2. The molecule has 0 radical (unpaired) electrons. The topological polar surface area (TPSA) is 41.1 Å². The normalized spacial score (nSPS) is 32.9. The minimum absolute atomic E-state index is 0.0229. The first-order chi connectivity index (χ1) is 8.97. The van der Waals surface area contributed by atoms with Gasteiger partial charge in [0.25, 0.3) is 0 Å². The molecule has 110 valence electrons. The summed E-state index contributed by atoms with van der Waals surface area (Å²) in [5.74, 6) is 0.255. The van der Waals surface area contributed by atoms with Crippen molar-refractivity contribution < 1.29 is 18.0 Å². The van der Waals surface area contributed by atoms with Gasteiger partial charge in [-0.25, -0.2) is 0 Å². The summed E-state index contributed by atoms with van der Waals surface area (Å²) >= 11 is 1.69. The first kappa shape index (κ1) is 15.0. The maximum absolute atomic E-state index is 12.7. The smallest absolute Gasteiger partial charge is 0.352 e. The summed E-state index contributed by atoms with van der Waals surface area (Å²) in [6, 6.07) is -0.591. The highest BCUT2D eigenvalue weighted by atomic mass is 32.2. The SMILES string of the molecule is O=C(NC1CCCC(C(F)(F)F)C1)C1CSCCN1. The van der Waals surface area contributed by atoms with Crippen LogP contribution in [0.3, 0.4) is 0 Å². The zero-order valence-corrected chi connectivity index (χ0v) is 11.4. The molecule has 3 nitrogen and oxygen atoms in total. The first-order valence-electron chi connectivity index (χ1n) is 6.65. The lowest BCUT2D eigenvalue weighted by molar-refractivity contribution is -0.184. The lowest BCUT2D eigenvalue weighted by atomic mass is 9.85. The van der Waals surface area contributed by atoms with Crippen LogP contribution in [0.2, 0.25) is 0 Å². The summed E-state index contributed by atoms with van der Waals surface area (Å²) in [5.41, 5.74) is 0. The third-order valence-electron chi connectivity index (χ3n) is 3.72. The fourth-order valence-electron chi connectivity index (χ4n) is 2.65. The molecule has 1 aliphatic heterocycles. The number of carbonyl (C=O) groups excluding carboxylic acids is 1. The van der Waals surface area contributed by atoms with Crippen LogP contribution in [0.25, 0.3) is 0 Å². The van der Waals surface area contributed by atoms with Crippen molar-refractivity contribution in [2.75, 3.05) is 18.1 Å². The highest BCUT2D eigenvalue weighted by Gasteiger charge is 2.42. The fraction of sp³-hybridized carbons (Fsp3) is 0.917. The molecular formula is C12H19F3N2OS. The van der Waals surface area contributed by atoms with E-state index in [9.17, 15) is 18.0 Å². The van der Waals surface area contributed by atoms with E-state index in [1.54, 1.807) is 11.8 Å². The number of rotatable bonds is 2. The van der Waals surface area contributed by atoms with Gasteiger partial charge in [0.1, 0.15) is 0 Å². The average Bonchev–Trinajstić information content (AvgIpc) is 2.39. The van der Waals surface area contributed by atoms with Crippen LogP contribution in [0.1, 0.15) is 25.7 Å². The Balaban J connectivity index is 1.83. The molecular weight excluding hydrogens is 277 g/mol. The molecule has 2 rings (SSSR count). The van der Waals surface area contributed by atoms with Gasteiger partial charge in [0.2, 0.25) is 5.91 Å². The molecule has 1 saturated heterocycles. The Morgan fingerprint density at radius 1 is 1.32 bits per heavy atom. The molecule has 19 heavy (non-hydrogen) atoms. The van der Waals surface area contributed by atoms with Gasteiger partial charge in [0.15, 0.2) is 0 Å². The second kappa shape index (κ2) is 6.35. The maximum Gasteiger partial charge on any atom is 0.391 e. The number of alkyl halides is 3. The molecule has 7 heteroatoms. The van der Waals surface area contributed by atoms with Crippen LogP contribution >= 0.6 is 11.8 Å². The van der Waals surface area contributed by atoms with Gasteiger partial charge in [-0.05, 0) is 19.3 Å². The highest BCUT2D eigenvalue weighted by Crippen LogP contribution is 2.37. The number of nitrogens with one attached hydrogen (secondary N) is 2. The predicted octanol–water partition coefficient (Wildman–Crippen LogP) is 1.93. The zero-order chi connectivity index (χ0) is 13.9. The Kier molecular flexibility index (Phi) is 5.00. The number of halogens is 3. The third-order valence-corrected chi connectivity index (χ3v) is 4.78. The molecule has 0 aromatic heterocycles. The van der Waals surface area contributed by atoms with Gasteiger partial charge in [0, 0.05) is 24.1 Å². The molecule has 1 amide bonds. The minimum atomic E-state index is -4.14. The van der Waals surface area contributed by atoms with Crippen LogP contribution in [0.4, 0.5) is 13.2 Å². The van der Waals surface area contributed by atoms with Crippen LogP contribution in [0, 0.1) is 5.92 Å². The van der Waals surface area contributed by atoms with Gasteiger partial charge in [-0.1, -0.05) is 6.42 Å². The quantitative estimate of drug-likeness (QED) is 0.818. The maximum atomic E-state index is 12.7. The minimum Gasteiger partial charge on any atom is -0.352 e. The molecule has 2 N–H and O–H groups in total. The van der Waals surface area contributed by atoms with E-state index >= 15 is 0 Å². The molecule has 3 atom stereocenters. The van der Waals surface area contributed by atoms with Crippen molar-refractivity contribution in [2.45, 2.75) is 43.9 Å². The number of carbonyl (C=O) groups is 1. The van der Waals surface area contributed by atoms with Crippen molar-refractivity contribution in [3.63, 3.8) is 0 Å². The number of hydrogen-bond acceptors (Lipinski definition) is 3. The van der Waals surface area contributed by atoms with Gasteiger partial charge in [-0.3, -0.25) is 4.79 Å². The van der Waals surface area contributed by atoms with Crippen LogP contribution in [-0.2, 0) is 4.79 Å². The number of thioether (sulfide) groups is 1. The van der Waals surface area contributed by atoms with Crippen LogP contribution < -0.4 is 10.6 Å². The van der Waals surface area contributed by atoms with E-state index < -0.39 is 12.1 Å². The molecule has 3 unspecified atom stereocenters. The van der Waals surface area contributed by atoms with E-state index in [2.05, 4.69) is 10.6 Å². The van der Waals surface area contributed by atoms with E-state index in [-0.39, 0.29) is 30.8 Å². The van der Waals surface area contributed by atoms with Gasteiger partial charge in [0.05, 0.1) is 12.0 Å². The summed E-state index contributed by atoms with van der Waals surface area (Å²) in [6.07, 6.45) is -2.75. The van der Waals surface area contributed by atoms with Gasteiger partial charge >= 0.3 is 6.18 Å². The molecule has 0 spiro atoms. The lowest BCUT2D eigenvalue weighted by Gasteiger charge is -2.32. The van der Waals surface area contributed by atoms with E-state index in [4.69, 9.17) is 0 Å². The zero-order valence-electron chi connectivity index (χ0n) is 10.6. The van der Waals surface area contributed by atoms with E-state index in [0.717, 1.165) is 12.3 Å². The van der Waals surface area contributed by atoms with Crippen LogP contribution in [-0.4, -0.2) is 42.2 Å². The van der Waals surface area contributed by atoms with Crippen molar-refractivity contribution >= 4 is 17.7 Å². The van der Waals surface area contributed by atoms with Crippen molar-refractivity contribution in [1.29, 1.82) is 0 Å². The summed E-state index contributed by atoms with van der Waals surface area (Å²) in [7, 11) is 0. The summed E-state index contributed by atoms with van der Waals surface area (Å²) in [5, 5.41) is 5.87. The average molecular weight is 296 g/mol. The van der Waals surface area contributed by atoms with Gasteiger partial charge in [-0.15, -0.1) is 0 Å². The number of amides is 1. The standard InChI is InChI=1S/C12H19F3N2OS/c13-12(14,15)8-2-1-3-9(6-8)17-11(18)10-7-19-5-4-16-10/h8-10,16H,1-7H2,(H,17,18). The molecule has 2 fully saturated rings. The van der Waals surface area contributed by atoms with Crippen LogP contribution in [0.15, 0.2) is 0 Å². The molecule has 2 aliphatic rings. The van der Waals surface area contributed by atoms with Crippen LogP contribution in [0.5, 0.6) is 0 Å². The predicted molar refractivity (Wildman–Crippen MR) is 69.1 cm³/mol. The Morgan fingerprint density at radius 3 is 2.74 bits per heavy atom. The van der Waals surface area contributed by atoms with Crippen molar-refractivity contribution in [1.82, 2.24) is 10.6 Å². The van der Waals surface area contributed by atoms with Crippen molar-refractivity contribution in [3.05, 3.63) is 0 Å². The van der Waals surface area contributed by atoms with E-state index in [0.29, 0.717) is 18.6 Å². The Bertz CT molecular complexity index is 319. The highest BCUT2D eigenvalue weighted by molar-refractivity contribution is 7.99. The molecule has 0 aromatic carbocycles. The molecule has 0 bridgehead atoms. The van der Waals surface area contributed by atoms with E-state index in [1.807, 2.05) is 0 Å². The second-order valence-electron chi connectivity index (χ2n) is 5.19. The molecule has 1 aliphatic carbocycles. The van der Waals surface area contributed by atoms with Gasteiger partial charge in [-0.2, -0.15) is 24.9 Å². The second-order valence-corrected chi connectivity index (χ2v) is 6.34. The third kappa shape index (κ3) is 4.27. The Hall–Kier alpha value is -0.430. The van der Waals surface area contributed by atoms with Gasteiger partial charge < -0.3 is 10.6 Å².